The van der Waals surface area contributed by atoms with Gasteiger partial charge in [0, 0.05) is 43.1 Å². The van der Waals surface area contributed by atoms with Gasteiger partial charge in [0.15, 0.2) is 5.76 Å². The molecule has 3 heterocycles. The second kappa shape index (κ2) is 7.89. The van der Waals surface area contributed by atoms with Gasteiger partial charge in [-0.15, -0.1) is 0 Å². The SMILES string of the molecule is Cc1cc(Nc2ncc(-c3ccccc3)o2)cc(N2CCN(C3COC3)CC2)c1. The molecule has 2 aliphatic rings. The lowest BCUT2D eigenvalue weighted by Gasteiger charge is -2.43. The Bertz CT molecular complexity index is 960. The van der Waals surface area contributed by atoms with E-state index in [1.54, 1.807) is 6.20 Å². The van der Waals surface area contributed by atoms with Crippen LogP contribution in [0.5, 0.6) is 0 Å². The van der Waals surface area contributed by atoms with Crippen molar-refractivity contribution < 1.29 is 9.15 Å². The predicted octanol–water partition coefficient (Wildman–Crippen LogP) is 3.91. The molecule has 3 aromatic rings. The fraction of sp³-hybridized carbons (Fsp3) is 0.348. The first-order chi connectivity index (χ1) is 14.2. The lowest BCUT2D eigenvalue weighted by molar-refractivity contribution is -0.0660. The Balaban J connectivity index is 1.28. The summed E-state index contributed by atoms with van der Waals surface area (Å²) in [6.45, 7) is 8.16. The first-order valence-corrected chi connectivity index (χ1v) is 10.2. The Morgan fingerprint density at radius 3 is 2.52 bits per heavy atom. The quantitative estimate of drug-likeness (QED) is 0.713. The van der Waals surface area contributed by atoms with Crippen LogP contribution < -0.4 is 10.2 Å². The average molecular weight is 390 g/mol. The van der Waals surface area contributed by atoms with Crippen molar-refractivity contribution in [1.29, 1.82) is 0 Å². The summed E-state index contributed by atoms with van der Waals surface area (Å²) in [5.74, 6) is 0.761. The molecule has 1 N–H and O–H groups in total. The highest BCUT2D eigenvalue weighted by molar-refractivity contribution is 5.65. The topological polar surface area (TPSA) is 53.8 Å². The van der Waals surface area contributed by atoms with Gasteiger partial charge in [-0.05, 0) is 30.7 Å². The van der Waals surface area contributed by atoms with Crippen molar-refractivity contribution in [2.45, 2.75) is 13.0 Å². The molecule has 0 spiro atoms. The molecule has 0 aliphatic carbocycles. The smallest absolute Gasteiger partial charge is 0.299 e. The van der Waals surface area contributed by atoms with Gasteiger partial charge in [0.1, 0.15) is 0 Å². The highest BCUT2D eigenvalue weighted by atomic mass is 16.5. The Morgan fingerprint density at radius 2 is 1.79 bits per heavy atom. The Morgan fingerprint density at radius 1 is 1.00 bits per heavy atom. The van der Waals surface area contributed by atoms with Crippen molar-refractivity contribution in [3.8, 4) is 11.3 Å². The zero-order chi connectivity index (χ0) is 19.6. The number of anilines is 3. The van der Waals surface area contributed by atoms with Gasteiger partial charge in [0.25, 0.3) is 6.01 Å². The van der Waals surface area contributed by atoms with Crippen molar-refractivity contribution in [2.75, 3.05) is 49.6 Å². The van der Waals surface area contributed by atoms with Crippen LogP contribution in [0.25, 0.3) is 11.3 Å². The van der Waals surface area contributed by atoms with Crippen LogP contribution in [0.1, 0.15) is 5.56 Å². The molecule has 0 radical (unpaired) electrons. The molecule has 29 heavy (non-hydrogen) atoms. The fourth-order valence-electron chi connectivity index (χ4n) is 3.99. The number of piperazine rings is 1. The summed E-state index contributed by atoms with van der Waals surface area (Å²) in [6, 6.07) is 17.7. The number of nitrogens with one attached hydrogen (secondary N) is 1. The molecule has 0 saturated carbocycles. The molecule has 2 aromatic carbocycles. The summed E-state index contributed by atoms with van der Waals surface area (Å²) in [5.41, 5.74) is 4.48. The minimum Gasteiger partial charge on any atom is -0.423 e. The van der Waals surface area contributed by atoms with Crippen LogP contribution in [0.15, 0.2) is 59.1 Å². The van der Waals surface area contributed by atoms with Gasteiger partial charge in [0.05, 0.1) is 25.5 Å². The monoisotopic (exact) mass is 390 g/mol. The maximum absolute atomic E-state index is 5.90. The number of hydrogen-bond donors (Lipinski definition) is 1. The van der Waals surface area contributed by atoms with Crippen LogP contribution in [0.3, 0.4) is 0 Å². The summed E-state index contributed by atoms with van der Waals surface area (Å²) in [4.78, 5) is 9.40. The van der Waals surface area contributed by atoms with Crippen molar-refractivity contribution >= 4 is 17.4 Å². The van der Waals surface area contributed by atoms with Crippen LogP contribution >= 0.6 is 0 Å². The van der Waals surface area contributed by atoms with Crippen molar-refractivity contribution in [1.82, 2.24) is 9.88 Å². The van der Waals surface area contributed by atoms with Crippen LogP contribution in [0.4, 0.5) is 17.4 Å². The van der Waals surface area contributed by atoms with Gasteiger partial charge in [-0.1, -0.05) is 30.3 Å². The molecule has 150 valence electrons. The number of aromatic nitrogens is 1. The van der Waals surface area contributed by atoms with E-state index in [0.29, 0.717) is 12.1 Å². The molecule has 1 aromatic heterocycles. The van der Waals surface area contributed by atoms with Gasteiger partial charge < -0.3 is 19.4 Å². The largest absolute Gasteiger partial charge is 0.423 e. The summed E-state index contributed by atoms with van der Waals surface area (Å²) in [5, 5.41) is 3.33. The molecule has 0 bridgehead atoms. The number of ether oxygens (including phenoxy) is 1. The van der Waals surface area contributed by atoms with Gasteiger partial charge >= 0.3 is 0 Å². The van der Waals surface area contributed by atoms with Crippen molar-refractivity contribution in [3.63, 3.8) is 0 Å². The van der Waals surface area contributed by atoms with Crippen LogP contribution in [-0.2, 0) is 4.74 Å². The van der Waals surface area contributed by atoms with Gasteiger partial charge in [-0.2, -0.15) is 0 Å². The van der Waals surface area contributed by atoms with E-state index in [1.165, 1.54) is 11.3 Å². The lowest BCUT2D eigenvalue weighted by Crippen LogP contribution is -2.56. The summed E-state index contributed by atoms with van der Waals surface area (Å²) in [7, 11) is 0. The minimum atomic E-state index is 0.509. The van der Waals surface area contributed by atoms with Crippen LogP contribution in [-0.4, -0.2) is 55.3 Å². The molecule has 2 fully saturated rings. The highest BCUT2D eigenvalue weighted by Crippen LogP contribution is 2.28. The van der Waals surface area contributed by atoms with E-state index in [-0.39, 0.29) is 0 Å². The summed E-state index contributed by atoms with van der Waals surface area (Å²) >= 11 is 0. The van der Waals surface area contributed by atoms with E-state index in [4.69, 9.17) is 9.15 Å². The lowest BCUT2D eigenvalue weighted by atomic mass is 10.1. The average Bonchev–Trinajstić information content (AvgIpc) is 3.16. The summed E-state index contributed by atoms with van der Waals surface area (Å²) < 4.78 is 11.2. The van der Waals surface area contributed by atoms with E-state index < -0.39 is 0 Å². The number of benzene rings is 2. The summed E-state index contributed by atoms with van der Waals surface area (Å²) in [6.07, 6.45) is 1.76. The molecule has 5 rings (SSSR count). The van der Waals surface area contributed by atoms with Crippen molar-refractivity contribution in [2.24, 2.45) is 0 Å². The molecule has 6 nitrogen and oxygen atoms in total. The molecule has 2 aliphatic heterocycles. The minimum absolute atomic E-state index is 0.509. The molecule has 2 saturated heterocycles. The number of rotatable bonds is 5. The maximum Gasteiger partial charge on any atom is 0.299 e. The third-order valence-corrected chi connectivity index (χ3v) is 5.69. The number of oxazole rings is 1. The van der Waals surface area contributed by atoms with E-state index in [2.05, 4.69) is 45.2 Å². The third kappa shape index (κ3) is 3.99. The fourth-order valence-corrected chi connectivity index (χ4v) is 3.99. The highest BCUT2D eigenvalue weighted by Gasteiger charge is 2.29. The van der Waals surface area contributed by atoms with E-state index in [9.17, 15) is 0 Å². The first kappa shape index (κ1) is 18.2. The standard InChI is InChI=1S/C23H26N4O2/c1-17-11-19(25-23-24-14-22(29-23)18-5-3-2-4-6-18)13-20(12-17)26-7-9-27(10-8-26)21-15-28-16-21/h2-6,11-14,21H,7-10,15-16H2,1H3,(H,24,25). The molecular formula is C23H26N4O2. The Hall–Kier alpha value is -2.83. The van der Waals surface area contributed by atoms with Gasteiger partial charge in [-0.3, -0.25) is 4.90 Å². The van der Waals surface area contributed by atoms with Crippen molar-refractivity contribution in [3.05, 3.63) is 60.3 Å². The number of hydrogen-bond acceptors (Lipinski definition) is 6. The zero-order valence-electron chi connectivity index (χ0n) is 16.7. The van der Waals surface area contributed by atoms with E-state index >= 15 is 0 Å². The number of aryl methyl sites for hydroxylation is 1. The third-order valence-electron chi connectivity index (χ3n) is 5.69. The van der Waals surface area contributed by atoms with Crippen LogP contribution in [0, 0.1) is 6.92 Å². The maximum atomic E-state index is 5.90. The Kier molecular flexibility index (Phi) is 4.96. The normalized spacial score (nSPS) is 17.9. The second-order valence-corrected chi connectivity index (χ2v) is 7.79. The predicted molar refractivity (Wildman–Crippen MR) is 115 cm³/mol. The van der Waals surface area contributed by atoms with Gasteiger partial charge in [-0.25, -0.2) is 4.98 Å². The second-order valence-electron chi connectivity index (χ2n) is 7.79. The first-order valence-electron chi connectivity index (χ1n) is 10.2. The molecule has 0 atom stereocenters. The molecular weight excluding hydrogens is 364 g/mol. The zero-order valence-corrected chi connectivity index (χ0v) is 16.7. The van der Waals surface area contributed by atoms with E-state index in [0.717, 1.165) is 56.4 Å². The van der Waals surface area contributed by atoms with E-state index in [1.807, 2.05) is 30.3 Å². The Labute approximate surface area is 171 Å². The molecule has 0 unspecified atom stereocenters. The van der Waals surface area contributed by atoms with Gasteiger partial charge in [0.2, 0.25) is 0 Å². The molecule has 6 heteroatoms. The van der Waals surface area contributed by atoms with Crippen LogP contribution in [0.2, 0.25) is 0 Å². The number of nitrogens with zero attached hydrogens (tertiary/aromatic N) is 3. The molecule has 0 amide bonds.